The molecule has 0 radical (unpaired) electrons. The highest BCUT2D eigenvalue weighted by Crippen LogP contribution is 2.30. The van der Waals surface area contributed by atoms with E-state index >= 15 is 0 Å². The van der Waals surface area contributed by atoms with Crippen LogP contribution >= 0.6 is 11.6 Å². The number of benzene rings is 2. The second-order valence-corrected chi connectivity index (χ2v) is 5.10. The number of hydrogen-bond donors (Lipinski definition) is 0. The van der Waals surface area contributed by atoms with Crippen LogP contribution < -0.4 is 0 Å². The van der Waals surface area contributed by atoms with Crippen molar-refractivity contribution in [1.82, 2.24) is 0 Å². The first-order valence-electron chi connectivity index (χ1n) is 6.15. The Morgan fingerprint density at radius 3 is 2.44 bits per heavy atom. The molecule has 18 heavy (non-hydrogen) atoms. The third kappa shape index (κ3) is 1.95. The Labute approximate surface area is 111 Å². The average molecular weight is 257 g/mol. The Kier molecular flexibility index (Phi) is 2.92. The molecule has 0 fully saturated rings. The van der Waals surface area contributed by atoms with Crippen LogP contribution in [0.25, 0.3) is 11.1 Å². The fourth-order valence-electron chi connectivity index (χ4n) is 2.55. The summed E-state index contributed by atoms with van der Waals surface area (Å²) < 4.78 is 0. The van der Waals surface area contributed by atoms with Crippen LogP contribution in [0.5, 0.6) is 0 Å². The van der Waals surface area contributed by atoms with E-state index in [9.17, 15) is 4.79 Å². The Balaban J connectivity index is 2.04. The fraction of sp³-hybridized carbons (Fsp3) is 0.188. The van der Waals surface area contributed by atoms with Crippen LogP contribution in [-0.2, 0) is 12.8 Å². The highest BCUT2D eigenvalue weighted by Gasteiger charge is 2.11. The van der Waals surface area contributed by atoms with E-state index in [2.05, 4.69) is 18.2 Å². The van der Waals surface area contributed by atoms with E-state index in [4.69, 9.17) is 11.6 Å². The summed E-state index contributed by atoms with van der Waals surface area (Å²) in [6.07, 6.45) is 4.40. The molecule has 0 unspecified atom stereocenters. The normalized spacial score (nSPS) is 13.4. The molecule has 0 aliphatic heterocycles. The number of hydrogen-bond acceptors (Lipinski definition) is 1. The summed E-state index contributed by atoms with van der Waals surface area (Å²) in [6.45, 7) is 0. The molecule has 0 saturated carbocycles. The van der Waals surface area contributed by atoms with Crippen molar-refractivity contribution in [3.63, 3.8) is 0 Å². The van der Waals surface area contributed by atoms with Gasteiger partial charge in [0, 0.05) is 5.56 Å². The van der Waals surface area contributed by atoms with Gasteiger partial charge in [0.1, 0.15) is 0 Å². The molecular weight excluding hydrogens is 244 g/mol. The molecule has 2 aromatic rings. The Morgan fingerprint density at radius 1 is 0.944 bits per heavy atom. The first-order valence-corrected chi connectivity index (χ1v) is 6.52. The summed E-state index contributed by atoms with van der Waals surface area (Å²) >= 11 is 6.07. The van der Waals surface area contributed by atoms with Gasteiger partial charge in [-0.25, -0.2) is 0 Å². The Morgan fingerprint density at radius 2 is 1.67 bits per heavy atom. The van der Waals surface area contributed by atoms with E-state index in [1.165, 1.54) is 36.0 Å². The van der Waals surface area contributed by atoms with Gasteiger partial charge in [0.25, 0.3) is 0 Å². The van der Waals surface area contributed by atoms with Crippen LogP contribution in [0.15, 0.2) is 36.4 Å². The van der Waals surface area contributed by atoms with E-state index in [1.54, 1.807) is 6.07 Å². The van der Waals surface area contributed by atoms with Crippen molar-refractivity contribution in [2.24, 2.45) is 0 Å². The van der Waals surface area contributed by atoms with E-state index in [-0.39, 0.29) is 0 Å². The molecule has 2 heteroatoms. The maximum absolute atomic E-state index is 10.7. The van der Waals surface area contributed by atoms with E-state index in [1.807, 2.05) is 12.1 Å². The maximum atomic E-state index is 10.7. The highest BCUT2D eigenvalue weighted by atomic mass is 35.5. The lowest BCUT2D eigenvalue weighted by Crippen LogP contribution is -1.87. The standard InChI is InChI=1S/C16H13ClO/c17-16-9-14(6-7-15(16)10-18)13-5-4-11-2-1-3-12(11)8-13/h4-10H,1-3H2. The minimum absolute atomic E-state index is 0.517. The van der Waals surface area contributed by atoms with Crippen LogP contribution in [0.2, 0.25) is 5.02 Å². The predicted octanol–water partition coefficient (Wildman–Crippen LogP) is 4.31. The molecule has 0 N–H and O–H groups in total. The smallest absolute Gasteiger partial charge is 0.151 e. The lowest BCUT2D eigenvalue weighted by atomic mass is 10.00. The topological polar surface area (TPSA) is 17.1 Å². The molecular formula is C16H13ClO. The van der Waals surface area contributed by atoms with E-state index in [0.29, 0.717) is 10.6 Å². The van der Waals surface area contributed by atoms with Gasteiger partial charge in [0.15, 0.2) is 6.29 Å². The zero-order chi connectivity index (χ0) is 12.5. The van der Waals surface area contributed by atoms with Crippen molar-refractivity contribution in [3.05, 3.63) is 58.1 Å². The third-order valence-corrected chi connectivity index (χ3v) is 3.89. The Bertz CT molecular complexity index is 616. The molecule has 1 aliphatic rings. The molecule has 2 aromatic carbocycles. The third-order valence-electron chi connectivity index (χ3n) is 3.56. The lowest BCUT2D eigenvalue weighted by molar-refractivity contribution is 0.112. The zero-order valence-corrected chi connectivity index (χ0v) is 10.7. The molecule has 0 spiro atoms. The van der Waals surface area contributed by atoms with E-state index in [0.717, 1.165) is 11.8 Å². The van der Waals surface area contributed by atoms with Gasteiger partial charge < -0.3 is 0 Å². The van der Waals surface area contributed by atoms with E-state index < -0.39 is 0 Å². The van der Waals surface area contributed by atoms with Gasteiger partial charge in [-0.05, 0) is 53.6 Å². The van der Waals surface area contributed by atoms with Gasteiger partial charge in [-0.1, -0.05) is 35.9 Å². The summed E-state index contributed by atoms with van der Waals surface area (Å²) in [5.74, 6) is 0. The van der Waals surface area contributed by atoms with Crippen molar-refractivity contribution < 1.29 is 4.79 Å². The average Bonchev–Trinajstić information content (AvgIpc) is 2.85. The summed E-state index contributed by atoms with van der Waals surface area (Å²) in [4.78, 5) is 10.7. The molecule has 0 atom stereocenters. The second kappa shape index (κ2) is 4.58. The fourth-order valence-corrected chi connectivity index (χ4v) is 2.78. The SMILES string of the molecule is O=Cc1ccc(-c2ccc3c(c2)CCC3)cc1Cl. The minimum atomic E-state index is 0.517. The van der Waals surface area contributed by atoms with Crippen LogP contribution in [0.1, 0.15) is 27.9 Å². The van der Waals surface area contributed by atoms with Gasteiger partial charge in [-0.2, -0.15) is 0 Å². The van der Waals surface area contributed by atoms with Gasteiger partial charge in [-0.3, -0.25) is 4.79 Å². The van der Waals surface area contributed by atoms with Gasteiger partial charge in [0.05, 0.1) is 5.02 Å². The summed E-state index contributed by atoms with van der Waals surface area (Å²) in [7, 11) is 0. The number of fused-ring (bicyclic) bond motifs is 1. The number of rotatable bonds is 2. The summed E-state index contributed by atoms with van der Waals surface area (Å²) in [5.41, 5.74) is 5.70. The molecule has 3 rings (SSSR count). The predicted molar refractivity (Wildman–Crippen MR) is 74.3 cm³/mol. The van der Waals surface area contributed by atoms with Gasteiger partial charge in [0.2, 0.25) is 0 Å². The molecule has 90 valence electrons. The number of carbonyl (C=O) groups is 1. The highest BCUT2D eigenvalue weighted by molar-refractivity contribution is 6.33. The molecule has 1 nitrogen and oxygen atoms in total. The first-order chi connectivity index (χ1) is 8.78. The van der Waals surface area contributed by atoms with Crippen LogP contribution in [0.4, 0.5) is 0 Å². The van der Waals surface area contributed by atoms with Crippen molar-refractivity contribution in [2.45, 2.75) is 19.3 Å². The van der Waals surface area contributed by atoms with Crippen molar-refractivity contribution >= 4 is 17.9 Å². The summed E-state index contributed by atoms with van der Waals surface area (Å²) in [6, 6.07) is 12.2. The molecule has 0 aromatic heterocycles. The zero-order valence-electron chi connectivity index (χ0n) is 9.95. The van der Waals surface area contributed by atoms with Crippen LogP contribution in [0.3, 0.4) is 0 Å². The number of halogens is 1. The van der Waals surface area contributed by atoms with Crippen LogP contribution in [0, 0.1) is 0 Å². The lowest BCUT2D eigenvalue weighted by Gasteiger charge is -2.06. The van der Waals surface area contributed by atoms with Crippen molar-refractivity contribution in [3.8, 4) is 11.1 Å². The maximum Gasteiger partial charge on any atom is 0.151 e. The second-order valence-electron chi connectivity index (χ2n) is 4.69. The minimum Gasteiger partial charge on any atom is -0.298 e. The molecule has 0 heterocycles. The molecule has 0 bridgehead atoms. The molecule has 0 amide bonds. The summed E-state index contributed by atoms with van der Waals surface area (Å²) in [5, 5.41) is 0.517. The molecule has 0 saturated heterocycles. The monoisotopic (exact) mass is 256 g/mol. The van der Waals surface area contributed by atoms with Crippen molar-refractivity contribution in [2.75, 3.05) is 0 Å². The van der Waals surface area contributed by atoms with Crippen LogP contribution in [-0.4, -0.2) is 6.29 Å². The molecule has 1 aliphatic carbocycles. The number of aryl methyl sites for hydroxylation is 2. The largest absolute Gasteiger partial charge is 0.298 e. The first kappa shape index (κ1) is 11.5. The van der Waals surface area contributed by atoms with Crippen molar-refractivity contribution in [1.29, 1.82) is 0 Å². The Hall–Kier alpha value is -1.60. The number of aldehydes is 1. The van der Waals surface area contributed by atoms with Gasteiger partial charge >= 0.3 is 0 Å². The quantitative estimate of drug-likeness (QED) is 0.732. The number of carbonyl (C=O) groups excluding carboxylic acids is 1. The van der Waals surface area contributed by atoms with Gasteiger partial charge in [-0.15, -0.1) is 0 Å².